The molecule has 6 nitrogen and oxygen atoms in total. The standard InChI is InChI=1S/C20H13N3O3S/c24-20-17-15-10-6-12-21-19(15)23(27(25,26)13-7-2-1-3-8-13)18(17)14-9-4-5-11-16(14)22-20/h1-12H,(H,22,24). The van der Waals surface area contributed by atoms with Gasteiger partial charge in [0.05, 0.1) is 21.3 Å². The van der Waals surface area contributed by atoms with Gasteiger partial charge in [0.1, 0.15) is 0 Å². The van der Waals surface area contributed by atoms with Crippen LogP contribution in [-0.4, -0.2) is 22.4 Å². The van der Waals surface area contributed by atoms with Crippen LogP contribution in [0.25, 0.3) is 32.8 Å². The monoisotopic (exact) mass is 375 g/mol. The number of aromatic amines is 1. The zero-order chi connectivity index (χ0) is 18.6. The molecule has 0 atom stereocenters. The average Bonchev–Trinajstić information content (AvgIpc) is 3.05. The number of fused-ring (bicyclic) bond motifs is 5. The predicted octanol–water partition coefficient (Wildman–Crippen LogP) is 3.27. The molecular formula is C20H13N3O3S. The molecule has 132 valence electrons. The average molecular weight is 375 g/mol. The van der Waals surface area contributed by atoms with E-state index in [1.54, 1.807) is 48.5 Å². The first-order chi connectivity index (χ1) is 13.1. The number of H-pyrrole nitrogens is 1. The molecule has 0 fully saturated rings. The van der Waals surface area contributed by atoms with Crippen molar-refractivity contribution >= 4 is 42.9 Å². The number of hydrogen-bond acceptors (Lipinski definition) is 4. The van der Waals surface area contributed by atoms with Gasteiger partial charge < -0.3 is 4.98 Å². The Hall–Kier alpha value is -3.45. The molecule has 2 aromatic carbocycles. The van der Waals surface area contributed by atoms with Gasteiger partial charge in [0.15, 0.2) is 5.65 Å². The summed E-state index contributed by atoms with van der Waals surface area (Å²) in [5, 5.41) is 1.46. The van der Waals surface area contributed by atoms with Crippen LogP contribution in [0.4, 0.5) is 0 Å². The molecular weight excluding hydrogens is 362 g/mol. The van der Waals surface area contributed by atoms with Gasteiger partial charge in [0, 0.05) is 17.0 Å². The molecule has 5 rings (SSSR count). The van der Waals surface area contributed by atoms with Crippen molar-refractivity contribution in [2.75, 3.05) is 0 Å². The molecule has 0 spiro atoms. The molecule has 5 aromatic rings. The third-order valence-corrected chi connectivity index (χ3v) is 6.33. The van der Waals surface area contributed by atoms with Crippen LogP contribution in [0.5, 0.6) is 0 Å². The highest BCUT2D eigenvalue weighted by Crippen LogP contribution is 2.33. The molecule has 1 N–H and O–H groups in total. The first-order valence-electron chi connectivity index (χ1n) is 8.30. The van der Waals surface area contributed by atoms with E-state index in [2.05, 4.69) is 9.97 Å². The molecule has 0 bridgehead atoms. The molecule has 3 heterocycles. The molecule has 27 heavy (non-hydrogen) atoms. The van der Waals surface area contributed by atoms with Crippen molar-refractivity contribution in [2.24, 2.45) is 0 Å². The molecule has 0 aliphatic carbocycles. The SMILES string of the molecule is O=c1[nH]c2ccccc2c2c1c1cccnc1n2S(=O)(=O)c1ccccc1. The molecule has 0 amide bonds. The molecule has 0 saturated carbocycles. The van der Waals surface area contributed by atoms with Crippen LogP contribution >= 0.6 is 0 Å². The van der Waals surface area contributed by atoms with Crippen LogP contribution in [0.2, 0.25) is 0 Å². The lowest BCUT2D eigenvalue weighted by Crippen LogP contribution is -2.14. The Morgan fingerprint density at radius 1 is 0.852 bits per heavy atom. The smallest absolute Gasteiger partial charge is 0.269 e. The lowest BCUT2D eigenvalue weighted by atomic mass is 10.1. The van der Waals surface area contributed by atoms with Gasteiger partial charge >= 0.3 is 0 Å². The molecule has 7 heteroatoms. The number of para-hydroxylation sites is 1. The summed E-state index contributed by atoms with van der Waals surface area (Å²) in [6, 6.07) is 18.7. The van der Waals surface area contributed by atoms with E-state index in [0.717, 1.165) is 0 Å². The van der Waals surface area contributed by atoms with E-state index in [-0.39, 0.29) is 16.1 Å². The van der Waals surface area contributed by atoms with Crippen molar-refractivity contribution in [2.45, 2.75) is 4.90 Å². The fourth-order valence-electron chi connectivity index (χ4n) is 3.48. The van der Waals surface area contributed by atoms with Crippen LogP contribution in [0, 0.1) is 0 Å². The largest absolute Gasteiger partial charge is 0.321 e. The van der Waals surface area contributed by atoms with Crippen LogP contribution in [-0.2, 0) is 10.0 Å². The number of hydrogen-bond donors (Lipinski definition) is 1. The van der Waals surface area contributed by atoms with Crippen molar-refractivity contribution in [3.8, 4) is 0 Å². The fourth-order valence-corrected chi connectivity index (χ4v) is 4.99. The number of nitrogens with zero attached hydrogens (tertiary/aromatic N) is 2. The molecule has 0 radical (unpaired) electrons. The second kappa shape index (κ2) is 5.52. The second-order valence-corrected chi connectivity index (χ2v) is 7.97. The molecule has 0 aliphatic rings. The number of aromatic nitrogens is 3. The van der Waals surface area contributed by atoms with E-state index in [1.165, 1.54) is 22.3 Å². The van der Waals surface area contributed by atoms with E-state index >= 15 is 0 Å². The molecule has 0 saturated heterocycles. The van der Waals surface area contributed by atoms with Gasteiger partial charge in [-0.25, -0.2) is 17.4 Å². The highest BCUT2D eigenvalue weighted by atomic mass is 32.2. The Bertz CT molecular complexity index is 1500. The zero-order valence-electron chi connectivity index (χ0n) is 14.0. The van der Waals surface area contributed by atoms with Crippen LogP contribution in [0.15, 0.2) is 82.6 Å². The second-order valence-electron chi connectivity index (χ2n) is 6.18. The van der Waals surface area contributed by atoms with E-state index in [1.807, 2.05) is 6.07 Å². The van der Waals surface area contributed by atoms with E-state index in [0.29, 0.717) is 27.2 Å². The minimum Gasteiger partial charge on any atom is -0.321 e. The lowest BCUT2D eigenvalue weighted by molar-refractivity contribution is 0.590. The third kappa shape index (κ3) is 2.15. The first kappa shape index (κ1) is 15.8. The minimum absolute atomic E-state index is 0.138. The topological polar surface area (TPSA) is 84.8 Å². The summed E-state index contributed by atoms with van der Waals surface area (Å²) in [4.78, 5) is 20.1. The van der Waals surface area contributed by atoms with Crippen molar-refractivity contribution < 1.29 is 8.42 Å². The summed E-state index contributed by atoms with van der Waals surface area (Å²) < 4.78 is 28.2. The maximum Gasteiger partial charge on any atom is 0.269 e. The Morgan fingerprint density at radius 2 is 1.56 bits per heavy atom. The lowest BCUT2D eigenvalue weighted by Gasteiger charge is -2.10. The Balaban J connectivity index is 2.11. The maximum atomic E-state index is 13.5. The number of rotatable bonds is 2. The van der Waals surface area contributed by atoms with Gasteiger partial charge in [-0.05, 0) is 30.3 Å². The van der Waals surface area contributed by atoms with Crippen molar-refractivity contribution in [3.05, 3.63) is 83.3 Å². The minimum atomic E-state index is -3.96. The van der Waals surface area contributed by atoms with E-state index in [9.17, 15) is 13.2 Å². The van der Waals surface area contributed by atoms with Crippen molar-refractivity contribution in [3.63, 3.8) is 0 Å². The Labute approximate surface area is 153 Å². The normalized spacial score (nSPS) is 12.1. The van der Waals surface area contributed by atoms with Crippen molar-refractivity contribution in [1.82, 2.24) is 13.9 Å². The van der Waals surface area contributed by atoms with Crippen LogP contribution in [0.3, 0.4) is 0 Å². The highest BCUT2D eigenvalue weighted by molar-refractivity contribution is 7.90. The van der Waals surface area contributed by atoms with Gasteiger partial charge in [0.2, 0.25) is 0 Å². The van der Waals surface area contributed by atoms with Gasteiger partial charge in [-0.2, -0.15) is 0 Å². The summed E-state index contributed by atoms with van der Waals surface area (Å²) in [5.41, 5.74) is 0.802. The summed E-state index contributed by atoms with van der Waals surface area (Å²) >= 11 is 0. The van der Waals surface area contributed by atoms with E-state index < -0.39 is 10.0 Å². The van der Waals surface area contributed by atoms with Crippen LogP contribution in [0.1, 0.15) is 0 Å². The summed E-state index contributed by atoms with van der Waals surface area (Å²) in [7, 11) is -3.96. The predicted molar refractivity (Wildman–Crippen MR) is 104 cm³/mol. The van der Waals surface area contributed by atoms with Gasteiger partial charge in [-0.15, -0.1) is 0 Å². The molecule has 0 aliphatic heterocycles. The summed E-state index contributed by atoms with van der Waals surface area (Å²) in [6.07, 6.45) is 1.52. The number of nitrogens with one attached hydrogen (secondary N) is 1. The Morgan fingerprint density at radius 3 is 2.37 bits per heavy atom. The van der Waals surface area contributed by atoms with E-state index in [4.69, 9.17) is 0 Å². The first-order valence-corrected chi connectivity index (χ1v) is 9.74. The highest BCUT2D eigenvalue weighted by Gasteiger charge is 2.26. The Kier molecular flexibility index (Phi) is 3.23. The summed E-state index contributed by atoms with van der Waals surface area (Å²) in [5.74, 6) is 0. The number of benzene rings is 2. The van der Waals surface area contributed by atoms with Crippen molar-refractivity contribution in [1.29, 1.82) is 0 Å². The van der Waals surface area contributed by atoms with Gasteiger partial charge in [-0.1, -0.05) is 36.4 Å². The quantitative estimate of drug-likeness (QED) is 0.513. The van der Waals surface area contributed by atoms with Gasteiger partial charge in [0.25, 0.3) is 15.6 Å². The zero-order valence-corrected chi connectivity index (χ0v) is 14.8. The third-order valence-electron chi connectivity index (χ3n) is 4.63. The fraction of sp³-hybridized carbons (Fsp3) is 0. The molecule has 0 unspecified atom stereocenters. The summed E-state index contributed by atoms with van der Waals surface area (Å²) in [6.45, 7) is 0. The van der Waals surface area contributed by atoms with Gasteiger partial charge in [-0.3, -0.25) is 4.79 Å². The molecule has 3 aromatic heterocycles. The van der Waals surface area contributed by atoms with Crippen LogP contribution < -0.4 is 5.56 Å². The maximum absolute atomic E-state index is 13.5. The number of pyridine rings is 2.